The van der Waals surface area contributed by atoms with E-state index in [4.69, 9.17) is 0 Å². The van der Waals surface area contributed by atoms with Gasteiger partial charge < -0.3 is 9.30 Å². The number of thioether (sulfide) groups is 1. The van der Waals surface area contributed by atoms with Crippen molar-refractivity contribution >= 4 is 35.0 Å². The third-order valence-electron chi connectivity index (χ3n) is 3.92. The molecule has 2 aromatic rings. The first-order valence-corrected chi connectivity index (χ1v) is 8.52. The van der Waals surface area contributed by atoms with Crippen molar-refractivity contribution in [1.29, 1.82) is 0 Å². The van der Waals surface area contributed by atoms with E-state index in [2.05, 4.69) is 4.74 Å². The molecule has 0 bridgehead atoms. The van der Waals surface area contributed by atoms with E-state index in [-0.39, 0.29) is 10.7 Å². The molecule has 1 aliphatic heterocycles. The largest absolute Gasteiger partial charge is 0.467 e. The molecule has 6 nitrogen and oxygen atoms in total. The highest BCUT2D eigenvalue weighted by Gasteiger charge is 2.41. The topological polar surface area (TPSA) is 68.6 Å². The highest BCUT2D eigenvalue weighted by Crippen LogP contribution is 2.34. The molecular formula is C18H15FN2O4S. The Hall–Kier alpha value is -2.87. The number of amides is 2. The first-order chi connectivity index (χ1) is 12.4. The molecule has 1 atom stereocenters. The molecule has 1 aliphatic rings. The zero-order chi connectivity index (χ0) is 18.8. The van der Waals surface area contributed by atoms with E-state index in [9.17, 15) is 18.8 Å². The van der Waals surface area contributed by atoms with Gasteiger partial charge in [0, 0.05) is 17.6 Å². The summed E-state index contributed by atoms with van der Waals surface area (Å²) in [5, 5.41) is -0.529. The van der Waals surface area contributed by atoms with Crippen molar-refractivity contribution in [3.63, 3.8) is 0 Å². The van der Waals surface area contributed by atoms with Crippen LogP contribution >= 0.6 is 11.8 Å². The molecule has 0 saturated carbocycles. The van der Waals surface area contributed by atoms with E-state index in [1.807, 2.05) is 0 Å². The minimum atomic E-state index is -0.998. The van der Waals surface area contributed by atoms with Crippen LogP contribution in [0.25, 0.3) is 11.8 Å². The molecule has 0 unspecified atom stereocenters. The molecule has 2 heterocycles. The van der Waals surface area contributed by atoms with E-state index < -0.39 is 23.2 Å². The standard InChI is InChI=1S/C18H15FN2O4S/c1-11(17(23)25-2)21-16(22)15(26-18(21)24)10-14-4-3-9-20(14)13-7-5-12(19)6-8-13/h3-11H,1-2H3/b15-10+/t11-/m1/s1. The lowest BCUT2D eigenvalue weighted by Crippen LogP contribution is -2.42. The van der Waals surface area contributed by atoms with Crippen LogP contribution in [-0.2, 0) is 14.3 Å². The van der Waals surface area contributed by atoms with Gasteiger partial charge in [-0.2, -0.15) is 0 Å². The van der Waals surface area contributed by atoms with E-state index >= 15 is 0 Å². The Labute approximate surface area is 153 Å². The van der Waals surface area contributed by atoms with Gasteiger partial charge in [0.1, 0.15) is 11.9 Å². The highest BCUT2D eigenvalue weighted by molar-refractivity contribution is 8.18. The van der Waals surface area contributed by atoms with Crippen molar-refractivity contribution in [2.24, 2.45) is 0 Å². The zero-order valence-corrected chi connectivity index (χ0v) is 14.8. The van der Waals surface area contributed by atoms with Crippen LogP contribution in [0.1, 0.15) is 12.6 Å². The number of methoxy groups -OCH3 is 1. The van der Waals surface area contributed by atoms with Crippen molar-refractivity contribution in [3.05, 3.63) is 59.0 Å². The number of carbonyl (C=O) groups excluding carboxylic acids is 3. The van der Waals surface area contributed by atoms with E-state index in [1.165, 1.54) is 26.2 Å². The summed E-state index contributed by atoms with van der Waals surface area (Å²) in [6.45, 7) is 1.44. The van der Waals surface area contributed by atoms with Crippen LogP contribution in [0.2, 0.25) is 0 Å². The lowest BCUT2D eigenvalue weighted by Gasteiger charge is -2.18. The molecule has 1 fully saturated rings. The number of benzene rings is 1. The summed E-state index contributed by atoms with van der Waals surface area (Å²) in [6, 6.07) is 8.44. The molecule has 1 saturated heterocycles. The van der Waals surface area contributed by atoms with Crippen molar-refractivity contribution in [3.8, 4) is 5.69 Å². The van der Waals surface area contributed by atoms with Gasteiger partial charge in [-0.1, -0.05) is 0 Å². The Balaban J connectivity index is 1.91. The van der Waals surface area contributed by atoms with Gasteiger partial charge in [-0.3, -0.25) is 14.5 Å². The van der Waals surface area contributed by atoms with Gasteiger partial charge in [0.2, 0.25) is 0 Å². The number of ether oxygens (including phenoxy) is 1. The molecule has 0 spiro atoms. The maximum atomic E-state index is 13.1. The number of carbonyl (C=O) groups is 3. The third-order valence-corrected chi connectivity index (χ3v) is 4.80. The number of hydrogen-bond acceptors (Lipinski definition) is 5. The first kappa shape index (κ1) is 17.9. The van der Waals surface area contributed by atoms with Crippen LogP contribution in [0.5, 0.6) is 0 Å². The van der Waals surface area contributed by atoms with Crippen LogP contribution in [0.3, 0.4) is 0 Å². The molecule has 1 aromatic carbocycles. The average Bonchev–Trinajstić information content (AvgIpc) is 3.19. The van der Waals surface area contributed by atoms with Crippen molar-refractivity contribution < 1.29 is 23.5 Å². The fraction of sp³-hybridized carbons (Fsp3) is 0.167. The monoisotopic (exact) mass is 374 g/mol. The summed E-state index contributed by atoms with van der Waals surface area (Å²) in [5.74, 6) is -1.56. The van der Waals surface area contributed by atoms with E-state index in [1.54, 1.807) is 41.1 Å². The van der Waals surface area contributed by atoms with Gasteiger partial charge in [-0.15, -0.1) is 0 Å². The third kappa shape index (κ3) is 3.28. The van der Waals surface area contributed by atoms with Crippen molar-refractivity contribution in [1.82, 2.24) is 9.47 Å². The Morgan fingerprint density at radius 1 is 1.23 bits per heavy atom. The Kier molecular flexibility index (Phi) is 4.94. The second kappa shape index (κ2) is 7.17. The molecule has 1 aromatic heterocycles. The highest BCUT2D eigenvalue weighted by atomic mass is 32.2. The van der Waals surface area contributed by atoms with Crippen LogP contribution in [0.4, 0.5) is 9.18 Å². The molecule has 26 heavy (non-hydrogen) atoms. The Morgan fingerprint density at radius 2 is 1.92 bits per heavy atom. The normalized spacial score (nSPS) is 17.0. The molecule has 8 heteroatoms. The van der Waals surface area contributed by atoms with Gasteiger partial charge in [0.25, 0.3) is 11.1 Å². The van der Waals surface area contributed by atoms with Crippen molar-refractivity contribution in [2.45, 2.75) is 13.0 Å². The summed E-state index contributed by atoms with van der Waals surface area (Å²) in [4.78, 5) is 37.4. The number of imide groups is 1. The summed E-state index contributed by atoms with van der Waals surface area (Å²) < 4.78 is 19.5. The van der Waals surface area contributed by atoms with Crippen LogP contribution in [-0.4, -0.2) is 39.7 Å². The smallest absolute Gasteiger partial charge is 0.328 e. The van der Waals surface area contributed by atoms with E-state index in [0.29, 0.717) is 11.4 Å². The molecular weight excluding hydrogens is 359 g/mol. The van der Waals surface area contributed by atoms with Crippen LogP contribution in [0.15, 0.2) is 47.5 Å². The molecule has 3 rings (SSSR count). The number of esters is 1. The lowest BCUT2D eigenvalue weighted by atomic mass is 10.2. The van der Waals surface area contributed by atoms with Crippen LogP contribution in [0, 0.1) is 5.82 Å². The minimum Gasteiger partial charge on any atom is -0.467 e. The second-order valence-corrected chi connectivity index (χ2v) is 6.52. The summed E-state index contributed by atoms with van der Waals surface area (Å²) in [6.07, 6.45) is 3.33. The number of hydrogen-bond donors (Lipinski definition) is 0. The SMILES string of the molecule is COC(=O)[C@@H](C)N1C(=O)S/C(=C/c2cccn2-c2ccc(F)cc2)C1=O. The van der Waals surface area contributed by atoms with Crippen LogP contribution < -0.4 is 0 Å². The average molecular weight is 374 g/mol. The predicted molar refractivity (Wildman–Crippen MR) is 95.0 cm³/mol. The number of rotatable bonds is 4. The maximum absolute atomic E-state index is 13.1. The molecule has 0 N–H and O–H groups in total. The number of halogens is 1. The van der Waals surface area contributed by atoms with Gasteiger partial charge in [0.05, 0.1) is 12.0 Å². The van der Waals surface area contributed by atoms with Gasteiger partial charge in [-0.05, 0) is 61.2 Å². The summed E-state index contributed by atoms with van der Waals surface area (Å²) in [7, 11) is 1.20. The molecule has 0 aliphatic carbocycles. The second-order valence-electron chi connectivity index (χ2n) is 5.53. The number of nitrogens with zero attached hydrogens (tertiary/aromatic N) is 2. The quantitative estimate of drug-likeness (QED) is 0.607. The Bertz CT molecular complexity index is 904. The molecule has 134 valence electrons. The van der Waals surface area contributed by atoms with Gasteiger partial charge in [-0.25, -0.2) is 9.18 Å². The Morgan fingerprint density at radius 3 is 2.58 bits per heavy atom. The summed E-state index contributed by atoms with van der Waals surface area (Å²) in [5.41, 5.74) is 1.36. The molecule has 2 amide bonds. The fourth-order valence-corrected chi connectivity index (χ4v) is 3.47. The summed E-state index contributed by atoms with van der Waals surface area (Å²) >= 11 is 0.760. The first-order valence-electron chi connectivity index (χ1n) is 7.70. The minimum absolute atomic E-state index is 0.202. The lowest BCUT2D eigenvalue weighted by molar-refractivity contribution is -0.148. The number of aromatic nitrogens is 1. The van der Waals surface area contributed by atoms with Gasteiger partial charge >= 0.3 is 5.97 Å². The predicted octanol–water partition coefficient (Wildman–Crippen LogP) is 3.21. The fourth-order valence-electron chi connectivity index (χ4n) is 2.57. The maximum Gasteiger partial charge on any atom is 0.328 e. The van der Waals surface area contributed by atoms with E-state index in [0.717, 1.165) is 16.7 Å². The van der Waals surface area contributed by atoms with Gasteiger partial charge in [0.15, 0.2) is 0 Å². The molecule has 0 radical (unpaired) electrons. The van der Waals surface area contributed by atoms with Crippen molar-refractivity contribution in [2.75, 3.05) is 7.11 Å². The zero-order valence-electron chi connectivity index (χ0n) is 14.0.